The van der Waals surface area contributed by atoms with Crippen molar-refractivity contribution >= 4 is 0 Å². The van der Waals surface area contributed by atoms with Crippen LogP contribution in [0.3, 0.4) is 0 Å². The van der Waals surface area contributed by atoms with Crippen molar-refractivity contribution in [3.8, 4) is 5.88 Å². The van der Waals surface area contributed by atoms with Gasteiger partial charge >= 0.3 is 0 Å². The Morgan fingerprint density at radius 3 is 2.55 bits per heavy atom. The summed E-state index contributed by atoms with van der Waals surface area (Å²) < 4.78 is 7.93. The lowest BCUT2D eigenvalue weighted by atomic mass is 10.1. The molecule has 1 aliphatic heterocycles. The maximum absolute atomic E-state index is 5.94. The molecule has 0 spiro atoms. The number of hydrogen-bond donors (Lipinski definition) is 1. The minimum atomic E-state index is 0.373. The van der Waals surface area contributed by atoms with Crippen LogP contribution in [0.25, 0.3) is 0 Å². The molecule has 1 saturated heterocycles. The number of hydrogen-bond acceptors (Lipinski definition) is 4. The molecule has 1 aromatic heterocycles. The Labute approximate surface area is 122 Å². The zero-order chi connectivity index (χ0) is 14.5. The smallest absolute Gasteiger partial charge is 0.236 e. The molecule has 5 nitrogen and oxygen atoms in total. The summed E-state index contributed by atoms with van der Waals surface area (Å²) >= 11 is 0. The largest absolute Gasteiger partial charge is 0.475 e. The van der Waals surface area contributed by atoms with Crippen LogP contribution in [0.15, 0.2) is 6.20 Å². The lowest BCUT2D eigenvalue weighted by molar-refractivity contribution is 0.186. The highest BCUT2D eigenvalue weighted by molar-refractivity contribution is 5.26. The van der Waals surface area contributed by atoms with E-state index in [1.54, 1.807) is 0 Å². The van der Waals surface area contributed by atoms with Crippen LogP contribution in [-0.4, -0.2) is 54.0 Å². The first kappa shape index (κ1) is 15.3. The molecule has 114 valence electrons. The molecular weight excluding hydrogens is 252 g/mol. The Balaban J connectivity index is 1.90. The Morgan fingerprint density at radius 2 is 1.95 bits per heavy atom. The molecule has 1 aromatic rings. The predicted molar refractivity (Wildman–Crippen MR) is 81.5 cm³/mol. The first-order valence-corrected chi connectivity index (χ1v) is 7.73. The van der Waals surface area contributed by atoms with Gasteiger partial charge in [-0.25, -0.2) is 0 Å². The van der Waals surface area contributed by atoms with Gasteiger partial charge in [0.1, 0.15) is 6.61 Å². The summed E-state index contributed by atoms with van der Waals surface area (Å²) in [6.45, 7) is 14.7. The average molecular weight is 280 g/mol. The van der Waals surface area contributed by atoms with Crippen LogP contribution in [0, 0.1) is 0 Å². The summed E-state index contributed by atoms with van der Waals surface area (Å²) in [6, 6.07) is 0.373. The number of nitrogens with zero attached hydrogens (tertiary/aromatic N) is 3. The van der Waals surface area contributed by atoms with Crippen LogP contribution in [0.1, 0.15) is 45.2 Å². The zero-order valence-electron chi connectivity index (χ0n) is 13.2. The molecule has 1 aliphatic rings. The monoisotopic (exact) mass is 280 g/mol. The van der Waals surface area contributed by atoms with Crippen LogP contribution >= 0.6 is 0 Å². The van der Waals surface area contributed by atoms with Gasteiger partial charge in [-0.05, 0) is 19.8 Å². The molecule has 0 radical (unpaired) electrons. The fourth-order valence-corrected chi connectivity index (χ4v) is 2.37. The molecule has 0 saturated carbocycles. The molecule has 0 aromatic carbocycles. The Kier molecular flexibility index (Phi) is 5.43. The van der Waals surface area contributed by atoms with Crippen molar-refractivity contribution in [2.75, 3.05) is 39.3 Å². The van der Waals surface area contributed by atoms with Crippen LogP contribution < -0.4 is 10.1 Å². The highest BCUT2D eigenvalue weighted by atomic mass is 16.5. The SMILES string of the molecule is CC(C)c1cn(C(C)C)nc1OCCN1CCNCC1. The highest BCUT2D eigenvalue weighted by Gasteiger charge is 2.16. The summed E-state index contributed by atoms with van der Waals surface area (Å²) in [6.07, 6.45) is 2.12. The Bertz CT molecular complexity index is 408. The van der Waals surface area contributed by atoms with Crippen molar-refractivity contribution in [1.82, 2.24) is 20.0 Å². The van der Waals surface area contributed by atoms with Crippen LogP contribution in [-0.2, 0) is 0 Å². The van der Waals surface area contributed by atoms with Gasteiger partial charge in [-0.3, -0.25) is 9.58 Å². The van der Waals surface area contributed by atoms with E-state index >= 15 is 0 Å². The van der Waals surface area contributed by atoms with Gasteiger partial charge in [0.2, 0.25) is 5.88 Å². The third kappa shape index (κ3) is 3.96. The second-order valence-electron chi connectivity index (χ2n) is 6.06. The predicted octanol–water partition coefficient (Wildman–Crippen LogP) is 1.87. The van der Waals surface area contributed by atoms with Gasteiger partial charge in [-0.15, -0.1) is 5.10 Å². The Morgan fingerprint density at radius 1 is 1.25 bits per heavy atom. The maximum atomic E-state index is 5.94. The van der Waals surface area contributed by atoms with E-state index in [1.165, 1.54) is 5.56 Å². The molecule has 0 unspecified atom stereocenters. The minimum Gasteiger partial charge on any atom is -0.475 e. The molecule has 1 fully saturated rings. The van der Waals surface area contributed by atoms with Crippen molar-refractivity contribution in [2.45, 2.75) is 39.7 Å². The van der Waals surface area contributed by atoms with E-state index in [9.17, 15) is 0 Å². The molecule has 0 aliphatic carbocycles. The maximum Gasteiger partial charge on any atom is 0.236 e. The number of piperazine rings is 1. The molecule has 2 rings (SSSR count). The third-order valence-electron chi connectivity index (χ3n) is 3.73. The van der Waals surface area contributed by atoms with E-state index in [1.807, 2.05) is 4.68 Å². The quantitative estimate of drug-likeness (QED) is 0.864. The van der Waals surface area contributed by atoms with Gasteiger partial charge < -0.3 is 10.1 Å². The van der Waals surface area contributed by atoms with Crippen molar-refractivity contribution in [3.63, 3.8) is 0 Å². The van der Waals surface area contributed by atoms with Crippen LogP contribution in [0.5, 0.6) is 5.88 Å². The molecule has 1 N–H and O–H groups in total. The summed E-state index contributed by atoms with van der Waals surface area (Å²) in [4.78, 5) is 2.44. The molecule has 0 amide bonds. The first-order valence-electron chi connectivity index (χ1n) is 7.73. The lowest BCUT2D eigenvalue weighted by Crippen LogP contribution is -2.44. The molecule has 20 heavy (non-hydrogen) atoms. The standard InChI is InChI=1S/C15H28N4O/c1-12(2)14-11-19(13(3)4)17-15(14)20-10-9-18-7-5-16-6-8-18/h11-13,16H,5-10H2,1-4H3. The van der Waals surface area contributed by atoms with Gasteiger partial charge in [0.15, 0.2) is 0 Å². The van der Waals surface area contributed by atoms with Gasteiger partial charge in [-0.2, -0.15) is 0 Å². The summed E-state index contributed by atoms with van der Waals surface area (Å²) in [7, 11) is 0. The molecule has 0 atom stereocenters. The topological polar surface area (TPSA) is 42.3 Å². The third-order valence-corrected chi connectivity index (χ3v) is 3.73. The molecule has 2 heterocycles. The first-order chi connectivity index (χ1) is 9.58. The van der Waals surface area contributed by atoms with Gasteiger partial charge in [-0.1, -0.05) is 13.8 Å². The lowest BCUT2D eigenvalue weighted by Gasteiger charge is -2.26. The van der Waals surface area contributed by atoms with Crippen molar-refractivity contribution in [1.29, 1.82) is 0 Å². The van der Waals surface area contributed by atoms with Gasteiger partial charge in [0, 0.05) is 50.5 Å². The summed E-state index contributed by atoms with van der Waals surface area (Å²) in [5.41, 5.74) is 1.21. The number of aromatic nitrogens is 2. The average Bonchev–Trinajstić information content (AvgIpc) is 2.84. The summed E-state index contributed by atoms with van der Waals surface area (Å²) in [5, 5.41) is 7.94. The molecular formula is C15H28N4O. The second-order valence-corrected chi connectivity index (χ2v) is 6.06. The van der Waals surface area contributed by atoms with E-state index in [0.717, 1.165) is 45.2 Å². The van der Waals surface area contributed by atoms with E-state index in [0.29, 0.717) is 12.0 Å². The summed E-state index contributed by atoms with van der Waals surface area (Å²) in [5.74, 6) is 1.25. The molecule has 5 heteroatoms. The van der Waals surface area contributed by atoms with Crippen molar-refractivity contribution < 1.29 is 4.74 Å². The van der Waals surface area contributed by atoms with E-state index in [2.05, 4.69) is 49.2 Å². The minimum absolute atomic E-state index is 0.373. The molecule has 0 bridgehead atoms. The van der Waals surface area contributed by atoms with Gasteiger partial charge in [0.25, 0.3) is 0 Å². The van der Waals surface area contributed by atoms with Crippen LogP contribution in [0.2, 0.25) is 0 Å². The second kappa shape index (κ2) is 7.09. The number of rotatable bonds is 6. The normalized spacial score (nSPS) is 17.1. The number of nitrogens with one attached hydrogen (secondary N) is 1. The van der Waals surface area contributed by atoms with Gasteiger partial charge in [0.05, 0.1) is 0 Å². The van der Waals surface area contributed by atoms with E-state index < -0.39 is 0 Å². The van der Waals surface area contributed by atoms with Crippen molar-refractivity contribution in [2.24, 2.45) is 0 Å². The van der Waals surface area contributed by atoms with Crippen molar-refractivity contribution in [3.05, 3.63) is 11.8 Å². The van der Waals surface area contributed by atoms with Crippen LogP contribution in [0.4, 0.5) is 0 Å². The zero-order valence-corrected chi connectivity index (χ0v) is 13.2. The Hall–Kier alpha value is -1.07. The number of ether oxygens (including phenoxy) is 1. The fourth-order valence-electron chi connectivity index (χ4n) is 2.37. The van der Waals surface area contributed by atoms with E-state index in [-0.39, 0.29) is 0 Å². The fraction of sp³-hybridized carbons (Fsp3) is 0.800. The van der Waals surface area contributed by atoms with E-state index in [4.69, 9.17) is 4.74 Å². The highest BCUT2D eigenvalue weighted by Crippen LogP contribution is 2.26.